The van der Waals surface area contributed by atoms with Crippen molar-refractivity contribution in [3.8, 4) is 0 Å². The maximum absolute atomic E-state index is 5.89. The monoisotopic (exact) mass is 268 g/mol. The van der Waals surface area contributed by atoms with Crippen LogP contribution in [0.4, 0.5) is 0 Å². The van der Waals surface area contributed by atoms with Gasteiger partial charge in [-0.2, -0.15) is 0 Å². The summed E-state index contributed by atoms with van der Waals surface area (Å²) in [7, 11) is 0. The van der Waals surface area contributed by atoms with Crippen LogP contribution in [-0.4, -0.2) is 48.8 Å². The first-order chi connectivity index (χ1) is 9.10. The highest BCUT2D eigenvalue weighted by Crippen LogP contribution is 2.29. The van der Waals surface area contributed by atoms with E-state index in [1.165, 1.54) is 25.7 Å². The van der Waals surface area contributed by atoms with Gasteiger partial charge in [0.15, 0.2) is 0 Å². The fourth-order valence-electron chi connectivity index (χ4n) is 3.81. The summed E-state index contributed by atoms with van der Waals surface area (Å²) in [6.07, 6.45) is 6.06. The molecule has 1 aliphatic heterocycles. The van der Waals surface area contributed by atoms with Crippen LogP contribution in [-0.2, 0) is 4.74 Å². The van der Waals surface area contributed by atoms with Gasteiger partial charge in [0.2, 0.25) is 0 Å². The lowest BCUT2D eigenvalue weighted by atomic mass is 9.82. The predicted octanol–water partition coefficient (Wildman–Crippen LogP) is 2.65. The Hall–Kier alpha value is -0.120. The molecule has 2 rings (SSSR count). The molecular formula is C16H32N2O. The van der Waals surface area contributed by atoms with Gasteiger partial charge in [-0.25, -0.2) is 0 Å². The second-order valence-electron chi connectivity index (χ2n) is 6.76. The van der Waals surface area contributed by atoms with Gasteiger partial charge in [0, 0.05) is 25.2 Å². The molecule has 5 atom stereocenters. The minimum Gasteiger partial charge on any atom is -0.373 e. The second-order valence-corrected chi connectivity index (χ2v) is 6.76. The summed E-state index contributed by atoms with van der Waals surface area (Å²) in [5.74, 6) is 0.873. The Balaban J connectivity index is 1.99. The van der Waals surface area contributed by atoms with E-state index in [9.17, 15) is 0 Å². The average molecular weight is 268 g/mol. The van der Waals surface area contributed by atoms with E-state index >= 15 is 0 Å². The van der Waals surface area contributed by atoms with E-state index in [1.807, 2.05) is 0 Å². The van der Waals surface area contributed by atoms with Gasteiger partial charge in [-0.3, -0.25) is 4.90 Å². The van der Waals surface area contributed by atoms with Crippen molar-refractivity contribution in [3.63, 3.8) is 0 Å². The van der Waals surface area contributed by atoms with Crippen LogP contribution < -0.4 is 5.32 Å². The molecule has 3 unspecified atom stereocenters. The van der Waals surface area contributed by atoms with Crippen molar-refractivity contribution < 1.29 is 4.74 Å². The minimum atomic E-state index is 0.382. The highest BCUT2D eigenvalue weighted by atomic mass is 16.5. The fraction of sp³-hybridized carbons (Fsp3) is 1.00. The van der Waals surface area contributed by atoms with Gasteiger partial charge in [0.1, 0.15) is 0 Å². The van der Waals surface area contributed by atoms with Crippen LogP contribution >= 0.6 is 0 Å². The molecule has 1 N–H and O–H groups in total. The summed E-state index contributed by atoms with van der Waals surface area (Å²) in [6, 6.07) is 1.40. The fourth-order valence-corrected chi connectivity index (χ4v) is 3.81. The highest BCUT2D eigenvalue weighted by molar-refractivity contribution is 4.92. The van der Waals surface area contributed by atoms with Crippen molar-refractivity contribution in [3.05, 3.63) is 0 Å². The summed E-state index contributed by atoms with van der Waals surface area (Å²) in [6.45, 7) is 12.5. The van der Waals surface area contributed by atoms with Crippen molar-refractivity contribution in [2.24, 2.45) is 5.92 Å². The Labute approximate surface area is 119 Å². The lowest BCUT2D eigenvalue weighted by Gasteiger charge is -2.46. The SMILES string of the molecule is CCCNC1CCC(C)CC1N1C[C@@H](C)O[C@@H](C)C1. The van der Waals surface area contributed by atoms with E-state index in [4.69, 9.17) is 4.74 Å². The van der Waals surface area contributed by atoms with E-state index in [2.05, 4.69) is 37.9 Å². The zero-order valence-electron chi connectivity index (χ0n) is 13.2. The molecule has 3 heteroatoms. The van der Waals surface area contributed by atoms with Gasteiger partial charge in [-0.05, 0) is 52.0 Å². The Morgan fingerprint density at radius 1 is 1.11 bits per heavy atom. The number of hydrogen-bond donors (Lipinski definition) is 1. The molecule has 3 nitrogen and oxygen atoms in total. The molecule has 0 amide bonds. The Kier molecular flexibility index (Phi) is 5.67. The molecule has 2 fully saturated rings. The Bertz CT molecular complexity index is 259. The molecular weight excluding hydrogens is 236 g/mol. The first-order valence-electron chi connectivity index (χ1n) is 8.23. The number of hydrogen-bond acceptors (Lipinski definition) is 3. The molecule has 0 aromatic rings. The number of ether oxygens (including phenoxy) is 1. The number of morpholine rings is 1. The first-order valence-corrected chi connectivity index (χ1v) is 8.23. The summed E-state index contributed by atoms with van der Waals surface area (Å²) >= 11 is 0. The van der Waals surface area contributed by atoms with Gasteiger partial charge in [-0.1, -0.05) is 13.8 Å². The van der Waals surface area contributed by atoms with Crippen LogP contribution in [0.25, 0.3) is 0 Å². The van der Waals surface area contributed by atoms with Crippen LogP contribution in [0, 0.1) is 5.92 Å². The maximum atomic E-state index is 5.89. The van der Waals surface area contributed by atoms with E-state index in [0.717, 1.165) is 25.6 Å². The zero-order valence-corrected chi connectivity index (χ0v) is 13.2. The maximum Gasteiger partial charge on any atom is 0.0678 e. The third-order valence-electron chi connectivity index (χ3n) is 4.65. The summed E-state index contributed by atoms with van der Waals surface area (Å²) in [4.78, 5) is 2.70. The molecule has 1 saturated heterocycles. The molecule has 1 heterocycles. The first kappa shape index (κ1) is 15.3. The molecule has 0 aromatic carbocycles. The molecule has 0 radical (unpaired) electrons. The molecule has 1 saturated carbocycles. The van der Waals surface area contributed by atoms with E-state index in [-0.39, 0.29) is 0 Å². The lowest BCUT2D eigenvalue weighted by molar-refractivity contribution is -0.0900. The average Bonchev–Trinajstić information content (AvgIpc) is 2.36. The third kappa shape index (κ3) is 4.17. The van der Waals surface area contributed by atoms with E-state index in [1.54, 1.807) is 0 Å². The van der Waals surface area contributed by atoms with Crippen molar-refractivity contribution in [1.29, 1.82) is 0 Å². The normalized spacial score (nSPS) is 41.4. The molecule has 1 aliphatic carbocycles. The Morgan fingerprint density at radius 2 is 1.79 bits per heavy atom. The lowest BCUT2D eigenvalue weighted by Crippen LogP contribution is -2.58. The highest BCUT2D eigenvalue weighted by Gasteiger charge is 2.35. The summed E-state index contributed by atoms with van der Waals surface area (Å²) < 4.78 is 5.89. The van der Waals surface area contributed by atoms with Gasteiger partial charge in [-0.15, -0.1) is 0 Å². The number of nitrogens with one attached hydrogen (secondary N) is 1. The van der Waals surface area contributed by atoms with Gasteiger partial charge >= 0.3 is 0 Å². The molecule has 19 heavy (non-hydrogen) atoms. The molecule has 0 spiro atoms. The minimum absolute atomic E-state index is 0.382. The van der Waals surface area contributed by atoms with Crippen LogP contribution in [0.2, 0.25) is 0 Å². The number of nitrogens with zero attached hydrogens (tertiary/aromatic N) is 1. The smallest absolute Gasteiger partial charge is 0.0678 e. The molecule has 0 aromatic heterocycles. The van der Waals surface area contributed by atoms with Crippen LogP contribution in [0.1, 0.15) is 53.4 Å². The largest absolute Gasteiger partial charge is 0.373 e. The van der Waals surface area contributed by atoms with E-state index in [0.29, 0.717) is 24.3 Å². The molecule has 0 bridgehead atoms. The Morgan fingerprint density at radius 3 is 2.42 bits per heavy atom. The quantitative estimate of drug-likeness (QED) is 0.848. The second kappa shape index (κ2) is 7.05. The van der Waals surface area contributed by atoms with Crippen molar-refractivity contribution in [2.75, 3.05) is 19.6 Å². The van der Waals surface area contributed by atoms with Crippen molar-refractivity contribution in [2.45, 2.75) is 77.7 Å². The van der Waals surface area contributed by atoms with Gasteiger partial charge in [0.05, 0.1) is 12.2 Å². The van der Waals surface area contributed by atoms with E-state index < -0.39 is 0 Å². The van der Waals surface area contributed by atoms with Crippen molar-refractivity contribution >= 4 is 0 Å². The van der Waals surface area contributed by atoms with Gasteiger partial charge < -0.3 is 10.1 Å². The topological polar surface area (TPSA) is 24.5 Å². The van der Waals surface area contributed by atoms with Crippen LogP contribution in [0.5, 0.6) is 0 Å². The summed E-state index contributed by atoms with van der Waals surface area (Å²) in [5, 5.41) is 3.79. The predicted molar refractivity (Wildman–Crippen MR) is 80.5 cm³/mol. The van der Waals surface area contributed by atoms with Crippen LogP contribution in [0.3, 0.4) is 0 Å². The van der Waals surface area contributed by atoms with Crippen LogP contribution in [0.15, 0.2) is 0 Å². The third-order valence-corrected chi connectivity index (χ3v) is 4.65. The van der Waals surface area contributed by atoms with Crippen molar-refractivity contribution in [1.82, 2.24) is 10.2 Å². The van der Waals surface area contributed by atoms with Gasteiger partial charge in [0.25, 0.3) is 0 Å². The molecule has 112 valence electrons. The standard InChI is InChI=1S/C16H32N2O/c1-5-8-17-15-7-6-12(2)9-16(15)18-10-13(3)19-14(4)11-18/h12-17H,5-11H2,1-4H3/t12?,13-,14+,15?,16?. The zero-order chi connectivity index (χ0) is 13.8. The number of rotatable bonds is 4. The molecule has 2 aliphatic rings. The summed E-state index contributed by atoms with van der Waals surface area (Å²) in [5.41, 5.74) is 0.